The van der Waals surface area contributed by atoms with Gasteiger partial charge in [-0.25, -0.2) is 0 Å². The second-order valence-corrected chi connectivity index (χ2v) is 5.58. The largest absolute Gasteiger partial charge is 0.484 e. The SMILES string of the molecule is CCOC(=O)C(N)Cc1ccc(OCC(=O)N2CCCC2)cc1. The Morgan fingerprint density at radius 2 is 1.87 bits per heavy atom. The second kappa shape index (κ2) is 8.53. The summed E-state index contributed by atoms with van der Waals surface area (Å²) in [5.74, 6) is 0.256. The van der Waals surface area contributed by atoms with Crippen LogP contribution in [0.25, 0.3) is 0 Å². The standard InChI is InChI=1S/C17H24N2O4/c1-2-22-17(21)15(18)11-13-5-7-14(8-6-13)23-12-16(20)19-9-3-4-10-19/h5-8,15H,2-4,9-12,18H2,1H3. The van der Waals surface area contributed by atoms with Crippen molar-refractivity contribution < 1.29 is 19.1 Å². The number of hydrogen-bond acceptors (Lipinski definition) is 5. The van der Waals surface area contributed by atoms with Gasteiger partial charge in [-0.05, 0) is 43.9 Å². The number of esters is 1. The number of ether oxygens (including phenoxy) is 2. The maximum Gasteiger partial charge on any atom is 0.323 e. The summed E-state index contributed by atoms with van der Waals surface area (Å²) >= 11 is 0. The molecule has 1 aromatic rings. The molecule has 1 fully saturated rings. The molecule has 0 bridgehead atoms. The van der Waals surface area contributed by atoms with E-state index in [0.29, 0.717) is 18.8 Å². The minimum absolute atomic E-state index is 0.0240. The highest BCUT2D eigenvalue weighted by molar-refractivity contribution is 5.78. The molecule has 0 spiro atoms. The predicted molar refractivity (Wildman–Crippen MR) is 86.1 cm³/mol. The van der Waals surface area contributed by atoms with E-state index < -0.39 is 12.0 Å². The van der Waals surface area contributed by atoms with Crippen LogP contribution in [0.2, 0.25) is 0 Å². The first kappa shape index (κ1) is 17.3. The van der Waals surface area contributed by atoms with E-state index in [4.69, 9.17) is 15.2 Å². The van der Waals surface area contributed by atoms with E-state index >= 15 is 0 Å². The fourth-order valence-electron chi connectivity index (χ4n) is 2.51. The summed E-state index contributed by atoms with van der Waals surface area (Å²) in [6.45, 7) is 3.78. The number of nitrogens with zero attached hydrogens (tertiary/aromatic N) is 1. The van der Waals surface area contributed by atoms with Crippen LogP contribution >= 0.6 is 0 Å². The first-order chi connectivity index (χ1) is 11.1. The molecule has 1 aliphatic heterocycles. The zero-order valence-corrected chi connectivity index (χ0v) is 13.5. The Morgan fingerprint density at radius 1 is 1.22 bits per heavy atom. The van der Waals surface area contributed by atoms with Crippen molar-refractivity contribution in [2.24, 2.45) is 5.73 Å². The Balaban J connectivity index is 1.79. The number of likely N-dealkylation sites (tertiary alicyclic amines) is 1. The highest BCUT2D eigenvalue weighted by atomic mass is 16.5. The molecule has 23 heavy (non-hydrogen) atoms. The van der Waals surface area contributed by atoms with E-state index in [2.05, 4.69) is 0 Å². The highest BCUT2D eigenvalue weighted by Gasteiger charge is 2.18. The van der Waals surface area contributed by atoms with Crippen LogP contribution in [0.3, 0.4) is 0 Å². The third-order valence-corrected chi connectivity index (χ3v) is 3.79. The van der Waals surface area contributed by atoms with E-state index in [1.165, 1.54) is 0 Å². The molecule has 0 saturated carbocycles. The van der Waals surface area contributed by atoms with E-state index in [1.54, 1.807) is 19.1 Å². The van der Waals surface area contributed by atoms with Gasteiger partial charge in [0.2, 0.25) is 0 Å². The summed E-state index contributed by atoms with van der Waals surface area (Å²) in [5.41, 5.74) is 6.71. The summed E-state index contributed by atoms with van der Waals surface area (Å²) in [5, 5.41) is 0. The van der Waals surface area contributed by atoms with Gasteiger partial charge in [-0.15, -0.1) is 0 Å². The van der Waals surface area contributed by atoms with Crippen molar-refractivity contribution in [2.45, 2.75) is 32.2 Å². The zero-order chi connectivity index (χ0) is 16.7. The second-order valence-electron chi connectivity index (χ2n) is 5.58. The van der Waals surface area contributed by atoms with Gasteiger partial charge in [0.25, 0.3) is 5.91 Å². The Morgan fingerprint density at radius 3 is 2.48 bits per heavy atom. The van der Waals surface area contributed by atoms with Crippen molar-refractivity contribution in [3.63, 3.8) is 0 Å². The molecule has 0 aliphatic carbocycles. The Hall–Kier alpha value is -2.08. The molecule has 126 valence electrons. The lowest BCUT2D eigenvalue weighted by Gasteiger charge is -2.15. The molecule has 0 aromatic heterocycles. The summed E-state index contributed by atoms with van der Waals surface area (Å²) in [4.78, 5) is 25.2. The van der Waals surface area contributed by atoms with Crippen LogP contribution in [-0.2, 0) is 20.7 Å². The van der Waals surface area contributed by atoms with Gasteiger partial charge in [0.15, 0.2) is 6.61 Å². The van der Waals surface area contributed by atoms with Crippen molar-refractivity contribution in [1.82, 2.24) is 4.90 Å². The molecular weight excluding hydrogens is 296 g/mol. The van der Waals surface area contributed by atoms with Crippen molar-refractivity contribution in [1.29, 1.82) is 0 Å². The van der Waals surface area contributed by atoms with Crippen molar-refractivity contribution in [2.75, 3.05) is 26.3 Å². The van der Waals surface area contributed by atoms with Crippen molar-refractivity contribution in [3.05, 3.63) is 29.8 Å². The smallest absolute Gasteiger partial charge is 0.323 e. The number of hydrogen-bond donors (Lipinski definition) is 1. The van der Waals surface area contributed by atoms with Gasteiger partial charge >= 0.3 is 5.97 Å². The van der Waals surface area contributed by atoms with Gasteiger partial charge in [0.1, 0.15) is 11.8 Å². The van der Waals surface area contributed by atoms with Gasteiger partial charge in [-0.1, -0.05) is 12.1 Å². The van der Waals surface area contributed by atoms with E-state index in [9.17, 15) is 9.59 Å². The average molecular weight is 320 g/mol. The van der Waals surface area contributed by atoms with E-state index in [-0.39, 0.29) is 12.5 Å². The topological polar surface area (TPSA) is 81.9 Å². The molecular formula is C17H24N2O4. The van der Waals surface area contributed by atoms with Crippen LogP contribution in [0, 0.1) is 0 Å². The number of carbonyl (C=O) groups excluding carboxylic acids is 2. The van der Waals surface area contributed by atoms with Crippen LogP contribution in [0.5, 0.6) is 5.75 Å². The van der Waals surface area contributed by atoms with Crippen molar-refractivity contribution >= 4 is 11.9 Å². The molecule has 2 N–H and O–H groups in total. The molecule has 1 amide bonds. The molecule has 1 unspecified atom stereocenters. The van der Waals surface area contributed by atoms with Crippen LogP contribution in [0.15, 0.2) is 24.3 Å². The number of nitrogens with two attached hydrogens (primary N) is 1. The fourth-order valence-corrected chi connectivity index (χ4v) is 2.51. The number of rotatable bonds is 7. The third kappa shape index (κ3) is 5.25. The van der Waals surface area contributed by atoms with Crippen LogP contribution in [0.1, 0.15) is 25.3 Å². The van der Waals surface area contributed by atoms with Gasteiger partial charge in [0, 0.05) is 13.1 Å². The predicted octanol–water partition coefficient (Wildman–Crippen LogP) is 1.12. The monoisotopic (exact) mass is 320 g/mol. The Kier molecular flexibility index (Phi) is 6.40. The Labute approximate surface area is 136 Å². The van der Waals surface area contributed by atoms with Gasteiger partial charge < -0.3 is 20.1 Å². The number of carbonyl (C=O) groups is 2. The van der Waals surface area contributed by atoms with Crippen LogP contribution < -0.4 is 10.5 Å². The number of benzene rings is 1. The van der Waals surface area contributed by atoms with Crippen LogP contribution in [-0.4, -0.2) is 49.1 Å². The van der Waals surface area contributed by atoms with Gasteiger partial charge in [0.05, 0.1) is 6.61 Å². The minimum Gasteiger partial charge on any atom is -0.484 e. The van der Waals surface area contributed by atoms with Gasteiger partial charge in [-0.2, -0.15) is 0 Å². The maximum atomic E-state index is 11.9. The normalized spacial score (nSPS) is 15.3. The molecule has 1 aliphatic rings. The molecule has 1 aromatic carbocycles. The summed E-state index contributed by atoms with van der Waals surface area (Å²) in [6, 6.07) is 6.58. The average Bonchev–Trinajstić information content (AvgIpc) is 3.08. The van der Waals surface area contributed by atoms with E-state index in [1.807, 2.05) is 17.0 Å². The lowest BCUT2D eigenvalue weighted by molar-refractivity contribution is -0.144. The highest BCUT2D eigenvalue weighted by Crippen LogP contribution is 2.14. The molecule has 6 nitrogen and oxygen atoms in total. The third-order valence-electron chi connectivity index (χ3n) is 3.79. The molecule has 6 heteroatoms. The summed E-state index contributed by atoms with van der Waals surface area (Å²) in [7, 11) is 0. The Bertz CT molecular complexity index is 524. The van der Waals surface area contributed by atoms with Crippen molar-refractivity contribution in [3.8, 4) is 5.75 Å². The fraction of sp³-hybridized carbons (Fsp3) is 0.529. The first-order valence-corrected chi connectivity index (χ1v) is 8.02. The lowest BCUT2D eigenvalue weighted by Crippen LogP contribution is -2.34. The molecule has 1 heterocycles. The minimum atomic E-state index is -0.668. The molecule has 1 atom stereocenters. The lowest BCUT2D eigenvalue weighted by atomic mass is 10.1. The quantitative estimate of drug-likeness (QED) is 0.761. The zero-order valence-electron chi connectivity index (χ0n) is 13.5. The van der Waals surface area contributed by atoms with Gasteiger partial charge in [-0.3, -0.25) is 9.59 Å². The van der Waals surface area contributed by atoms with Crippen LogP contribution in [0.4, 0.5) is 0 Å². The number of amides is 1. The molecule has 0 radical (unpaired) electrons. The molecule has 1 saturated heterocycles. The summed E-state index contributed by atoms with van der Waals surface area (Å²) in [6.07, 6.45) is 2.55. The van der Waals surface area contributed by atoms with E-state index in [0.717, 1.165) is 31.5 Å². The summed E-state index contributed by atoms with van der Waals surface area (Å²) < 4.78 is 10.4. The molecule has 2 rings (SSSR count). The maximum absolute atomic E-state index is 11.9. The first-order valence-electron chi connectivity index (χ1n) is 8.02.